The lowest BCUT2D eigenvalue weighted by Gasteiger charge is -2.12. The van der Waals surface area contributed by atoms with E-state index in [9.17, 15) is 9.59 Å². The number of ether oxygens (including phenoxy) is 1. The van der Waals surface area contributed by atoms with Crippen LogP contribution in [0.3, 0.4) is 0 Å². The summed E-state index contributed by atoms with van der Waals surface area (Å²) in [6.45, 7) is 0.413. The second-order valence-corrected chi connectivity index (χ2v) is 3.77. The lowest BCUT2D eigenvalue weighted by molar-refractivity contribution is -0.119. The van der Waals surface area contributed by atoms with Crippen LogP contribution in [0, 0.1) is 0 Å². The van der Waals surface area contributed by atoms with Gasteiger partial charge in [-0.15, -0.1) is 0 Å². The minimum absolute atomic E-state index is 0.0622. The molecule has 1 aromatic rings. The molecule has 16 heavy (non-hydrogen) atoms. The SMILES string of the molecule is O=Cc1ccccc1OCC1CCC(=O)N1. The van der Waals surface area contributed by atoms with Gasteiger partial charge in [-0.25, -0.2) is 0 Å². The molecular formula is C12H13NO3. The fraction of sp³-hybridized carbons (Fsp3) is 0.333. The molecule has 1 aliphatic heterocycles. The molecule has 1 saturated heterocycles. The Hall–Kier alpha value is -1.84. The van der Waals surface area contributed by atoms with E-state index in [4.69, 9.17) is 4.74 Å². The van der Waals surface area contributed by atoms with Gasteiger partial charge in [0.25, 0.3) is 0 Å². The van der Waals surface area contributed by atoms with Crippen molar-refractivity contribution in [2.45, 2.75) is 18.9 Å². The van der Waals surface area contributed by atoms with Crippen molar-refractivity contribution in [3.8, 4) is 5.75 Å². The van der Waals surface area contributed by atoms with E-state index in [0.717, 1.165) is 12.7 Å². The molecule has 0 aliphatic carbocycles. The Morgan fingerprint density at radius 2 is 2.25 bits per heavy atom. The van der Waals surface area contributed by atoms with E-state index in [1.807, 2.05) is 6.07 Å². The number of carbonyl (C=O) groups is 2. The first-order valence-corrected chi connectivity index (χ1v) is 5.26. The van der Waals surface area contributed by atoms with Gasteiger partial charge >= 0.3 is 0 Å². The van der Waals surface area contributed by atoms with Crippen LogP contribution in [0.4, 0.5) is 0 Å². The minimum atomic E-state index is 0.0622. The largest absolute Gasteiger partial charge is 0.491 e. The maximum absolute atomic E-state index is 11.0. The number of amides is 1. The van der Waals surface area contributed by atoms with Crippen LogP contribution in [0.1, 0.15) is 23.2 Å². The molecule has 1 atom stereocenters. The highest BCUT2D eigenvalue weighted by molar-refractivity contribution is 5.79. The summed E-state index contributed by atoms with van der Waals surface area (Å²) in [7, 11) is 0. The number of para-hydroxylation sites is 1. The smallest absolute Gasteiger partial charge is 0.220 e. The number of hydrogen-bond acceptors (Lipinski definition) is 3. The van der Waals surface area contributed by atoms with E-state index in [1.165, 1.54) is 0 Å². The van der Waals surface area contributed by atoms with Gasteiger partial charge in [0, 0.05) is 6.42 Å². The number of aldehydes is 1. The van der Waals surface area contributed by atoms with Gasteiger partial charge in [-0.05, 0) is 18.6 Å². The molecule has 1 heterocycles. The summed E-state index contributed by atoms with van der Waals surface area (Å²) in [6.07, 6.45) is 2.12. The van der Waals surface area contributed by atoms with Crippen molar-refractivity contribution in [1.82, 2.24) is 5.32 Å². The zero-order valence-corrected chi connectivity index (χ0v) is 8.81. The maximum Gasteiger partial charge on any atom is 0.220 e. The zero-order chi connectivity index (χ0) is 11.4. The predicted molar refractivity (Wildman–Crippen MR) is 58.5 cm³/mol. The molecule has 1 fully saturated rings. The molecule has 4 nitrogen and oxygen atoms in total. The number of rotatable bonds is 4. The molecule has 0 saturated carbocycles. The first-order chi connectivity index (χ1) is 7.79. The third kappa shape index (κ3) is 2.39. The van der Waals surface area contributed by atoms with Gasteiger partial charge in [-0.1, -0.05) is 12.1 Å². The molecule has 84 valence electrons. The van der Waals surface area contributed by atoms with E-state index in [-0.39, 0.29) is 11.9 Å². The molecule has 2 rings (SSSR count). The van der Waals surface area contributed by atoms with Crippen LogP contribution in [-0.2, 0) is 4.79 Å². The molecule has 4 heteroatoms. The van der Waals surface area contributed by atoms with Crippen LogP contribution in [0.5, 0.6) is 5.75 Å². The third-order valence-corrected chi connectivity index (χ3v) is 2.57. The van der Waals surface area contributed by atoms with E-state index in [0.29, 0.717) is 24.3 Å². The number of carbonyl (C=O) groups excluding carboxylic acids is 2. The van der Waals surface area contributed by atoms with Crippen molar-refractivity contribution >= 4 is 12.2 Å². The zero-order valence-electron chi connectivity index (χ0n) is 8.81. The molecule has 0 bridgehead atoms. The topological polar surface area (TPSA) is 55.4 Å². The maximum atomic E-state index is 11.0. The Kier molecular flexibility index (Phi) is 3.19. The van der Waals surface area contributed by atoms with E-state index >= 15 is 0 Å². The Bertz CT molecular complexity index is 403. The number of hydrogen-bond donors (Lipinski definition) is 1. The minimum Gasteiger partial charge on any atom is -0.491 e. The monoisotopic (exact) mass is 219 g/mol. The third-order valence-electron chi connectivity index (χ3n) is 2.57. The quantitative estimate of drug-likeness (QED) is 0.773. The Morgan fingerprint density at radius 1 is 1.44 bits per heavy atom. The molecule has 1 aliphatic rings. The van der Waals surface area contributed by atoms with Crippen LogP contribution < -0.4 is 10.1 Å². The van der Waals surface area contributed by atoms with Gasteiger partial charge in [0.05, 0.1) is 11.6 Å². The molecule has 1 aromatic carbocycles. The van der Waals surface area contributed by atoms with Crippen molar-refractivity contribution in [3.05, 3.63) is 29.8 Å². The Morgan fingerprint density at radius 3 is 2.94 bits per heavy atom. The van der Waals surface area contributed by atoms with Gasteiger partial charge in [0.15, 0.2) is 6.29 Å². The van der Waals surface area contributed by atoms with Crippen LogP contribution >= 0.6 is 0 Å². The van der Waals surface area contributed by atoms with Crippen molar-refractivity contribution in [2.75, 3.05) is 6.61 Å². The van der Waals surface area contributed by atoms with Gasteiger partial charge in [0.1, 0.15) is 12.4 Å². The van der Waals surface area contributed by atoms with Crippen molar-refractivity contribution in [1.29, 1.82) is 0 Å². The first-order valence-electron chi connectivity index (χ1n) is 5.26. The summed E-state index contributed by atoms with van der Waals surface area (Å²) in [6, 6.07) is 7.12. The highest BCUT2D eigenvalue weighted by Crippen LogP contribution is 2.17. The summed E-state index contributed by atoms with van der Waals surface area (Å²) in [4.78, 5) is 21.7. The molecule has 1 N–H and O–H groups in total. The Labute approximate surface area is 93.6 Å². The average Bonchev–Trinajstić information content (AvgIpc) is 2.73. The van der Waals surface area contributed by atoms with Crippen LogP contribution in [0.15, 0.2) is 24.3 Å². The highest BCUT2D eigenvalue weighted by atomic mass is 16.5. The van der Waals surface area contributed by atoms with Gasteiger partial charge in [-0.3, -0.25) is 9.59 Å². The number of nitrogens with one attached hydrogen (secondary N) is 1. The summed E-state index contributed by atoms with van der Waals surface area (Å²) in [5.41, 5.74) is 0.534. The predicted octanol–water partition coefficient (Wildman–Crippen LogP) is 1.16. The van der Waals surface area contributed by atoms with Crippen molar-refractivity contribution < 1.29 is 14.3 Å². The average molecular weight is 219 g/mol. The lowest BCUT2D eigenvalue weighted by atomic mass is 10.2. The summed E-state index contributed by atoms with van der Waals surface area (Å²) in [5.74, 6) is 0.635. The fourth-order valence-corrected chi connectivity index (χ4v) is 1.70. The molecule has 0 spiro atoms. The first kappa shape index (κ1) is 10.7. The summed E-state index contributed by atoms with van der Waals surface area (Å²) < 4.78 is 5.51. The highest BCUT2D eigenvalue weighted by Gasteiger charge is 2.21. The van der Waals surface area contributed by atoms with E-state index < -0.39 is 0 Å². The van der Waals surface area contributed by atoms with E-state index in [1.54, 1.807) is 18.2 Å². The summed E-state index contributed by atoms with van der Waals surface area (Å²) >= 11 is 0. The molecule has 0 aromatic heterocycles. The normalized spacial score (nSPS) is 19.2. The van der Waals surface area contributed by atoms with Gasteiger partial charge in [0.2, 0.25) is 5.91 Å². The van der Waals surface area contributed by atoms with Crippen molar-refractivity contribution in [3.63, 3.8) is 0 Å². The lowest BCUT2D eigenvalue weighted by Crippen LogP contribution is -2.31. The molecule has 0 radical (unpaired) electrons. The van der Waals surface area contributed by atoms with Crippen LogP contribution in [0.25, 0.3) is 0 Å². The second-order valence-electron chi connectivity index (χ2n) is 3.77. The van der Waals surface area contributed by atoms with Gasteiger partial charge < -0.3 is 10.1 Å². The van der Waals surface area contributed by atoms with Gasteiger partial charge in [-0.2, -0.15) is 0 Å². The molecular weight excluding hydrogens is 206 g/mol. The fourth-order valence-electron chi connectivity index (χ4n) is 1.70. The summed E-state index contributed by atoms with van der Waals surface area (Å²) in [5, 5.41) is 2.81. The number of benzene rings is 1. The van der Waals surface area contributed by atoms with Crippen molar-refractivity contribution in [2.24, 2.45) is 0 Å². The van der Waals surface area contributed by atoms with Crippen LogP contribution in [-0.4, -0.2) is 24.8 Å². The molecule has 1 unspecified atom stereocenters. The van der Waals surface area contributed by atoms with Crippen LogP contribution in [0.2, 0.25) is 0 Å². The Balaban J connectivity index is 1.94. The molecule has 1 amide bonds. The second kappa shape index (κ2) is 4.79. The van der Waals surface area contributed by atoms with E-state index in [2.05, 4.69) is 5.32 Å². The standard InChI is InChI=1S/C12H13NO3/c14-7-9-3-1-2-4-11(9)16-8-10-5-6-12(15)13-10/h1-4,7,10H,5-6,8H2,(H,13,15).